The fraction of sp³-hybridized carbons (Fsp3) is 0.267. The summed E-state index contributed by atoms with van der Waals surface area (Å²) in [5, 5.41) is 0.203. The van der Waals surface area contributed by atoms with E-state index in [9.17, 15) is 9.59 Å². The van der Waals surface area contributed by atoms with Gasteiger partial charge in [-0.05, 0) is 42.9 Å². The van der Waals surface area contributed by atoms with Crippen LogP contribution in [0, 0.1) is 0 Å². The summed E-state index contributed by atoms with van der Waals surface area (Å²) in [4.78, 5) is 26.9. The van der Waals surface area contributed by atoms with Crippen molar-refractivity contribution in [3.63, 3.8) is 0 Å². The van der Waals surface area contributed by atoms with Gasteiger partial charge in [-0.3, -0.25) is 19.4 Å². The van der Waals surface area contributed by atoms with Crippen LogP contribution in [0.25, 0.3) is 6.08 Å². The van der Waals surface area contributed by atoms with Gasteiger partial charge in [-0.1, -0.05) is 12.1 Å². The lowest BCUT2D eigenvalue weighted by molar-refractivity contribution is -0.132. The fourth-order valence-electron chi connectivity index (χ4n) is 1.97. The van der Waals surface area contributed by atoms with Crippen LogP contribution < -0.4 is 4.74 Å². The molecule has 0 radical (unpaired) electrons. The summed E-state index contributed by atoms with van der Waals surface area (Å²) in [5.41, 5.74) is 0.850. The minimum absolute atomic E-state index is 0.0951. The van der Waals surface area contributed by atoms with Crippen LogP contribution in [-0.2, 0) is 9.59 Å². The van der Waals surface area contributed by atoms with E-state index in [1.165, 1.54) is 9.80 Å². The van der Waals surface area contributed by atoms with Crippen LogP contribution in [0.15, 0.2) is 29.8 Å². The molecule has 2 rings (SSSR count). The Morgan fingerprint density at radius 2 is 1.62 bits per heavy atom. The van der Waals surface area contributed by atoms with Crippen molar-refractivity contribution >= 4 is 35.2 Å². The van der Waals surface area contributed by atoms with Crippen molar-refractivity contribution in [2.75, 3.05) is 20.7 Å². The number of carbonyl (C=O) groups excluding carboxylic acids is 2. The molecule has 0 atom stereocenters. The minimum atomic E-state index is -0.392. The molecule has 1 heterocycles. The molecule has 0 bridgehead atoms. The first kappa shape index (κ1) is 15.2. The monoisotopic (exact) mass is 304 g/mol. The highest BCUT2D eigenvalue weighted by Crippen LogP contribution is 2.19. The summed E-state index contributed by atoms with van der Waals surface area (Å²) in [6.45, 7) is 2.49. The van der Waals surface area contributed by atoms with E-state index >= 15 is 0 Å². The first-order valence-corrected chi connectivity index (χ1v) is 6.91. The van der Waals surface area contributed by atoms with Crippen LogP contribution in [-0.4, -0.2) is 47.4 Å². The van der Waals surface area contributed by atoms with E-state index in [0.29, 0.717) is 6.61 Å². The molecule has 21 heavy (non-hydrogen) atoms. The van der Waals surface area contributed by atoms with Gasteiger partial charge in [0.25, 0.3) is 11.8 Å². The molecule has 1 aromatic carbocycles. The second-order valence-electron chi connectivity index (χ2n) is 4.57. The SMILES string of the molecule is CCOc1ccc(C=C2C(=O)N(C)C(=S)N(C)C2=O)cc1. The number of thiocarbonyl (C=S) groups is 1. The van der Waals surface area contributed by atoms with Crippen LogP contribution in [0.4, 0.5) is 0 Å². The highest BCUT2D eigenvalue weighted by atomic mass is 32.1. The van der Waals surface area contributed by atoms with Gasteiger partial charge >= 0.3 is 0 Å². The molecular formula is C15H16N2O3S. The molecule has 1 saturated heterocycles. The van der Waals surface area contributed by atoms with Crippen LogP contribution in [0.5, 0.6) is 5.75 Å². The quantitative estimate of drug-likeness (QED) is 0.484. The number of likely N-dealkylation sites (N-methyl/N-ethyl adjacent to an activating group) is 2. The summed E-state index contributed by atoms with van der Waals surface area (Å²) in [6.07, 6.45) is 1.56. The molecular weight excluding hydrogens is 288 g/mol. The Morgan fingerprint density at radius 1 is 1.10 bits per heavy atom. The van der Waals surface area contributed by atoms with E-state index in [4.69, 9.17) is 17.0 Å². The number of benzene rings is 1. The molecule has 1 fully saturated rings. The van der Waals surface area contributed by atoms with Crippen molar-refractivity contribution in [2.45, 2.75) is 6.92 Å². The van der Waals surface area contributed by atoms with E-state index in [2.05, 4.69) is 0 Å². The first-order valence-electron chi connectivity index (χ1n) is 6.50. The molecule has 0 aliphatic carbocycles. The van der Waals surface area contributed by atoms with Gasteiger partial charge in [-0.15, -0.1) is 0 Å². The predicted molar refractivity (Wildman–Crippen MR) is 83.7 cm³/mol. The normalized spacial score (nSPS) is 15.6. The Bertz CT molecular complexity index is 596. The molecule has 2 amide bonds. The van der Waals surface area contributed by atoms with Gasteiger partial charge in [-0.25, -0.2) is 0 Å². The Kier molecular flexibility index (Phi) is 4.37. The summed E-state index contributed by atoms with van der Waals surface area (Å²) < 4.78 is 5.35. The average Bonchev–Trinajstić information content (AvgIpc) is 2.49. The Balaban J connectivity index is 2.32. The number of ether oxygens (including phenoxy) is 1. The van der Waals surface area contributed by atoms with Gasteiger partial charge in [0.15, 0.2) is 5.11 Å². The highest BCUT2D eigenvalue weighted by Gasteiger charge is 2.35. The largest absolute Gasteiger partial charge is 0.494 e. The topological polar surface area (TPSA) is 49.9 Å². The summed E-state index contributed by atoms with van der Waals surface area (Å²) in [7, 11) is 3.11. The lowest BCUT2D eigenvalue weighted by Gasteiger charge is -2.31. The van der Waals surface area contributed by atoms with Gasteiger partial charge in [0, 0.05) is 14.1 Å². The molecule has 6 heteroatoms. The summed E-state index contributed by atoms with van der Waals surface area (Å²) >= 11 is 5.04. The number of carbonyl (C=O) groups is 2. The Hall–Kier alpha value is -2.21. The number of hydrogen-bond donors (Lipinski definition) is 0. The van der Waals surface area contributed by atoms with E-state index in [1.807, 2.05) is 6.92 Å². The molecule has 110 valence electrons. The average molecular weight is 304 g/mol. The standard InChI is InChI=1S/C15H16N2O3S/c1-4-20-11-7-5-10(6-8-11)9-12-13(18)16(2)15(21)17(3)14(12)19/h5-9H,4H2,1-3H3. The van der Waals surface area contributed by atoms with Crippen molar-refractivity contribution in [3.8, 4) is 5.75 Å². The lowest BCUT2D eigenvalue weighted by Crippen LogP contribution is -2.52. The first-order chi connectivity index (χ1) is 9.95. The molecule has 0 saturated carbocycles. The number of nitrogens with zero attached hydrogens (tertiary/aromatic N) is 2. The molecule has 1 aromatic rings. The second kappa shape index (κ2) is 6.05. The van der Waals surface area contributed by atoms with Crippen LogP contribution >= 0.6 is 12.2 Å². The van der Waals surface area contributed by atoms with Crippen LogP contribution in [0.3, 0.4) is 0 Å². The van der Waals surface area contributed by atoms with Gasteiger partial charge in [0.2, 0.25) is 0 Å². The summed E-state index contributed by atoms with van der Waals surface area (Å²) in [5.74, 6) is -0.0367. The molecule has 1 aliphatic rings. The third-order valence-electron chi connectivity index (χ3n) is 3.15. The van der Waals surface area contributed by atoms with Crippen molar-refractivity contribution in [1.82, 2.24) is 9.80 Å². The predicted octanol–water partition coefficient (Wildman–Crippen LogP) is 1.68. The molecule has 5 nitrogen and oxygen atoms in total. The van der Waals surface area contributed by atoms with E-state index in [-0.39, 0.29) is 10.7 Å². The van der Waals surface area contributed by atoms with Gasteiger partial charge < -0.3 is 4.74 Å². The second-order valence-corrected chi connectivity index (χ2v) is 4.94. The van der Waals surface area contributed by atoms with Gasteiger partial charge in [-0.2, -0.15) is 0 Å². The van der Waals surface area contributed by atoms with Gasteiger partial charge in [0.1, 0.15) is 11.3 Å². The number of hydrogen-bond acceptors (Lipinski definition) is 4. The number of rotatable bonds is 3. The zero-order valence-electron chi connectivity index (χ0n) is 12.1. The maximum absolute atomic E-state index is 12.2. The zero-order chi connectivity index (χ0) is 15.6. The molecule has 0 aromatic heterocycles. The Labute approximate surface area is 128 Å². The van der Waals surface area contributed by atoms with E-state index < -0.39 is 11.8 Å². The van der Waals surface area contributed by atoms with Crippen molar-refractivity contribution in [2.24, 2.45) is 0 Å². The van der Waals surface area contributed by atoms with Crippen LogP contribution in [0.2, 0.25) is 0 Å². The molecule has 0 N–H and O–H groups in total. The van der Waals surface area contributed by atoms with Gasteiger partial charge in [0.05, 0.1) is 6.61 Å². The van der Waals surface area contributed by atoms with Crippen molar-refractivity contribution in [3.05, 3.63) is 35.4 Å². The molecule has 1 aliphatic heterocycles. The van der Waals surface area contributed by atoms with E-state index in [1.54, 1.807) is 44.4 Å². The Morgan fingerprint density at radius 3 is 2.10 bits per heavy atom. The highest BCUT2D eigenvalue weighted by molar-refractivity contribution is 7.80. The summed E-state index contributed by atoms with van der Waals surface area (Å²) in [6, 6.07) is 7.19. The number of amides is 2. The maximum Gasteiger partial charge on any atom is 0.265 e. The maximum atomic E-state index is 12.2. The zero-order valence-corrected chi connectivity index (χ0v) is 12.9. The molecule has 0 unspecified atom stereocenters. The third kappa shape index (κ3) is 2.95. The van der Waals surface area contributed by atoms with Crippen molar-refractivity contribution in [1.29, 1.82) is 0 Å². The minimum Gasteiger partial charge on any atom is -0.494 e. The third-order valence-corrected chi connectivity index (χ3v) is 3.69. The molecule has 0 spiro atoms. The lowest BCUT2D eigenvalue weighted by atomic mass is 10.1. The van der Waals surface area contributed by atoms with E-state index in [0.717, 1.165) is 11.3 Å². The van der Waals surface area contributed by atoms with Crippen LogP contribution in [0.1, 0.15) is 12.5 Å². The smallest absolute Gasteiger partial charge is 0.265 e. The van der Waals surface area contributed by atoms with Crippen molar-refractivity contribution < 1.29 is 14.3 Å². The fourth-order valence-corrected chi connectivity index (χ4v) is 2.13.